The Bertz CT molecular complexity index is 607. The maximum atomic E-state index is 12.9. The Morgan fingerprint density at radius 2 is 2.00 bits per heavy atom. The highest BCUT2D eigenvalue weighted by atomic mass is 35.5. The van der Waals surface area contributed by atoms with Gasteiger partial charge in [0.2, 0.25) is 10.0 Å². The molecule has 1 aromatic rings. The molecular formula is C14H20Cl2N2O2S. The molecule has 0 aromatic heterocycles. The zero-order valence-electron chi connectivity index (χ0n) is 11.9. The van der Waals surface area contributed by atoms with Gasteiger partial charge in [-0.15, -0.1) is 0 Å². The second-order valence-electron chi connectivity index (χ2n) is 5.28. The van der Waals surface area contributed by atoms with Gasteiger partial charge in [0.1, 0.15) is 0 Å². The van der Waals surface area contributed by atoms with Gasteiger partial charge in [0.25, 0.3) is 0 Å². The molecule has 1 fully saturated rings. The summed E-state index contributed by atoms with van der Waals surface area (Å²) >= 11 is 11.8. The first-order chi connectivity index (χ1) is 9.91. The van der Waals surface area contributed by atoms with Gasteiger partial charge < -0.3 is 5.73 Å². The van der Waals surface area contributed by atoms with Crippen LogP contribution in [-0.2, 0) is 10.0 Å². The van der Waals surface area contributed by atoms with Crippen LogP contribution in [0.25, 0.3) is 0 Å². The topological polar surface area (TPSA) is 63.4 Å². The van der Waals surface area contributed by atoms with Crippen LogP contribution in [0.15, 0.2) is 23.1 Å². The lowest BCUT2D eigenvalue weighted by Gasteiger charge is -2.31. The van der Waals surface area contributed by atoms with Gasteiger partial charge in [-0.3, -0.25) is 0 Å². The maximum absolute atomic E-state index is 12.9. The van der Waals surface area contributed by atoms with E-state index in [4.69, 9.17) is 28.9 Å². The number of halogens is 2. The summed E-state index contributed by atoms with van der Waals surface area (Å²) in [4.78, 5) is 0.182. The third-order valence-corrected chi connectivity index (χ3v) is 6.84. The van der Waals surface area contributed by atoms with Gasteiger partial charge >= 0.3 is 0 Å². The Morgan fingerprint density at radius 1 is 1.29 bits per heavy atom. The van der Waals surface area contributed by atoms with E-state index in [1.165, 1.54) is 18.2 Å². The quantitative estimate of drug-likeness (QED) is 0.886. The van der Waals surface area contributed by atoms with Crippen LogP contribution in [0, 0.1) is 5.92 Å². The number of hydrogen-bond acceptors (Lipinski definition) is 3. The van der Waals surface area contributed by atoms with Gasteiger partial charge in [-0.1, -0.05) is 36.5 Å². The summed E-state index contributed by atoms with van der Waals surface area (Å²) in [5.41, 5.74) is 5.78. The van der Waals surface area contributed by atoms with Gasteiger partial charge in [-0.2, -0.15) is 4.31 Å². The Kier molecular flexibility index (Phi) is 5.54. The number of rotatable bonds is 5. The second kappa shape index (κ2) is 6.84. The summed E-state index contributed by atoms with van der Waals surface area (Å²) in [5.74, 6) is 0.225. The van der Waals surface area contributed by atoms with Crippen LogP contribution >= 0.6 is 23.2 Å². The largest absolute Gasteiger partial charge is 0.330 e. The van der Waals surface area contributed by atoms with Crippen molar-refractivity contribution in [1.82, 2.24) is 4.31 Å². The van der Waals surface area contributed by atoms with Crippen LogP contribution in [0.5, 0.6) is 0 Å². The monoisotopic (exact) mass is 350 g/mol. The zero-order valence-corrected chi connectivity index (χ0v) is 14.3. The number of hydrogen-bond donors (Lipinski definition) is 1. The first-order valence-corrected chi connectivity index (χ1v) is 9.28. The molecule has 2 unspecified atom stereocenters. The van der Waals surface area contributed by atoms with Gasteiger partial charge in [0.15, 0.2) is 0 Å². The van der Waals surface area contributed by atoms with Crippen molar-refractivity contribution in [3.8, 4) is 0 Å². The molecule has 21 heavy (non-hydrogen) atoms. The average Bonchev–Trinajstić information content (AvgIpc) is 2.90. The van der Waals surface area contributed by atoms with E-state index in [0.29, 0.717) is 18.1 Å². The van der Waals surface area contributed by atoms with E-state index in [1.54, 1.807) is 4.31 Å². The Balaban J connectivity index is 2.37. The minimum atomic E-state index is -3.58. The molecule has 118 valence electrons. The van der Waals surface area contributed by atoms with E-state index < -0.39 is 10.0 Å². The molecule has 0 aliphatic heterocycles. The SMILES string of the molecule is CCN(C1CCCC1CN)S(=O)(=O)c1ccc(Cl)c(Cl)c1. The van der Waals surface area contributed by atoms with Crippen molar-refractivity contribution in [3.63, 3.8) is 0 Å². The minimum absolute atomic E-state index is 0.0283. The molecule has 4 nitrogen and oxygen atoms in total. The maximum Gasteiger partial charge on any atom is 0.243 e. The highest BCUT2D eigenvalue weighted by Gasteiger charge is 2.37. The lowest BCUT2D eigenvalue weighted by molar-refractivity contribution is 0.276. The predicted molar refractivity (Wildman–Crippen MR) is 86.2 cm³/mol. The molecule has 1 aromatic carbocycles. The van der Waals surface area contributed by atoms with E-state index in [9.17, 15) is 8.42 Å². The van der Waals surface area contributed by atoms with E-state index >= 15 is 0 Å². The fraction of sp³-hybridized carbons (Fsp3) is 0.571. The lowest BCUT2D eigenvalue weighted by Crippen LogP contribution is -2.43. The third kappa shape index (κ3) is 3.37. The highest BCUT2D eigenvalue weighted by Crippen LogP contribution is 2.34. The Labute approximate surface area is 136 Å². The molecule has 0 amide bonds. The molecule has 2 rings (SSSR count). The molecule has 0 heterocycles. The zero-order chi connectivity index (χ0) is 15.6. The van der Waals surface area contributed by atoms with Gasteiger partial charge in [0, 0.05) is 12.6 Å². The van der Waals surface area contributed by atoms with Crippen molar-refractivity contribution in [1.29, 1.82) is 0 Å². The summed E-state index contributed by atoms with van der Waals surface area (Å²) in [6.45, 7) is 2.78. The average molecular weight is 351 g/mol. The van der Waals surface area contributed by atoms with Crippen LogP contribution in [-0.4, -0.2) is 31.9 Å². The normalized spacial score (nSPS) is 22.9. The van der Waals surface area contributed by atoms with Crippen LogP contribution < -0.4 is 5.73 Å². The van der Waals surface area contributed by atoms with E-state index in [2.05, 4.69) is 0 Å². The standard InChI is InChI=1S/C14H20Cl2N2O2S/c1-2-18(14-5-3-4-10(14)9-17)21(19,20)11-6-7-12(15)13(16)8-11/h6-8,10,14H,2-5,9,17H2,1H3. The molecule has 2 atom stereocenters. The lowest BCUT2D eigenvalue weighted by atomic mass is 10.0. The summed E-state index contributed by atoms with van der Waals surface area (Å²) in [7, 11) is -3.58. The molecule has 0 radical (unpaired) electrons. The Morgan fingerprint density at radius 3 is 2.57 bits per heavy atom. The van der Waals surface area contributed by atoms with Gasteiger partial charge in [-0.05, 0) is 43.5 Å². The molecule has 1 saturated carbocycles. The first-order valence-electron chi connectivity index (χ1n) is 7.08. The first kappa shape index (κ1) is 17.0. The van der Waals surface area contributed by atoms with Crippen LogP contribution in [0.2, 0.25) is 10.0 Å². The third-order valence-electron chi connectivity index (χ3n) is 4.10. The molecule has 1 aliphatic carbocycles. The highest BCUT2D eigenvalue weighted by molar-refractivity contribution is 7.89. The van der Waals surface area contributed by atoms with Crippen LogP contribution in [0.3, 0.4) is 0 Å². The van der Waals surface area contributed by atoms with E-state index in [-0.39, 0.29) is 21.9 Å². The van der Waals surface area contributed by atoms with Gasteiger partial charge in [-0.25, -0.2) is 8.42 Å². The fourth-order valence-electron chi connectivity index (χ4n) is 3.03. The summed E-state index contributed by atoms with van der Waals surface area (Å²) in [6, 6.07) is 4.39. The summed E-state index contributed by atoms with van der Waals surface area (Å²) in [6.07, 6.45) is 2.85. The molecule has 2 N–H and O–H groups in total. The van der Waals surface area contributed by atoms with Crippen LogP contribution in [0.1, 0.15) is 26.2 Å². The molecule has 0 spiro atoms. The molecule has 0 bridgehead atoms. The number of benzene rings is 1. The van der Waals surface area contributed by atoms with E-state index in [1.807, 2.05) is 6.92 Å². The number of nitrogens with zero attached hydrogens (tertiary/aromatic N) is 1. The van der Waals surface area contributed by atoms with E-state index in [0.717, 1.165) is 19.3 Å². The van der Waals surface area contributed by atoms with Crippen LogP contribution in [0.4, 0.5) is 0 Å². The molecule has 7 heteroatoms. The Hall–Kier alpha value is -0.330. The fourth-order valence-corrected chi connectivity index (χ4v) is 5.14. The van der Waals surface area contributed by atoms with Crippen molar-refractivity contribution in [2.24, 2.45) is 11.7 Å². The number of sulfonamides is 1. The smallest absolute Gasteiger partial charge is 0.243 e. The van der Waals surface area contributed by atoms with Crippen molar-refractivity contribution in [2.45, 2.75) is 37.1 Å². The van der Waals surface area contributed by atoms with Gasteiger partial charge in [0.05, 0.1) is 14.9 Å². The van der Waals surface area contributed by atoms with Crippen molar-refractivity contribution in [2.75, 3.05) is 13.1 Å². The minimum Gasteiger partial charge on any atom is -0.330 e. The van der Waals surface area contributed by atoms with Crippen molar-refractivity contribution in [3.05, 3.63) is 28.2 Å². The molecular weight excluding hydrogens is 331 g/mol. The molecule has 0 saturated heterocycles. The number of nitrogens with two attached hydrogens (primary N) is 1. The summed E-state index contributed by atoms with van der Waals surface area (Å²) < 4.78 is 27.3. The molecule has 1 aliphatic rings. The van der Waals surface area contributed by atoms with Crippen molar-refractivity contribution >= 4 is 33.2 Å². The summed E-state index contributed by atoms with van der Waals surface area (Å²) in [5, 5.41) is 0.593. The van der Waals surface area contributed by atoms with Crippen molar-refractivity contribution < 1.29 is 8.42 Å². The second-order valence-corrected chi connectivity index (χ2v) is 7.98. The predicted octanol–water partition coefficient (Wildman–Crippen LogP) is 3.13.